The van der Waals surface area contributed by atoms with Crippen molar-refractivity contribution >= 4 is 17.5 Å². The van der Waals surface area contributed by atoms with Crippen LogP contribution in [-0.4, -0.2) is 78.1 Å². The van der Waals surface area contributed by atoms with Gasteiger partial charge in [-0.1, -0.05) is 0 Å². The van der Waals surface area contributed by atoms with Gasteiger partial charge in [0.25, 0.3) is 0 Å². The van der Waals surface area contributed by atoms with Crippen LogP contribution in [0.3, 0.4) is 0 Å². The normalized spacial score (nSPS) is 16.1. The fraction of sp³-hybridized carbons (Fsp3) is 0.346. The van der Waals surface area contributed by atoms with Crippen LogP contribution >= 0.6 is 0 Å². The number of nitrogens with zero attached hydrogens (tertiary/aromatic N) is 4. The third-order valence-corrected chi connectivity index (χ3v) is 5.96. The average molecular weight is 499 g/mol. The molecule has 0 radical (unpaired) electrons. The fourth-order valence-electron chi connectivity index (χ4n) is 4.20. The third kappa shape index (κ3) is 5.23. The van der Waals surface area contributed by atoms with Crippen molar-refractivity contribution in [2.75, 3.05) is 40.9 Å². The number of aryl methyl sites for hydroxylation is 1. The van der Waals surface area contributed by atoms with Gasteiger partial charge in [0.15, 0.2) is 5.78 Å². The SMILES string of the molecule is COC(=O)N1CCOC(Cc2c(-c3c(F)cc(C(=O)/C=C/N(C)C)cc3F)nc3cc(C)ccn23)C1. The number of ether oxygens (including phenoxy) is 2. The highest BCUT2D eigenvalue weighted by Gasteiger charge is 2.29. The number of ketones is 1. The number of imidazole rings is 1. The summed E-state index contributed by atoms with van der Waals surface area (Å²) in [5.74, 6) is -2.30. The van der Waals surface area contributed by atoms with Gasteiger partial charge in [-0.2, -0.15) is 0 Å². The number of rotatable bonds is 6. The number of hydrogen-bond acceptors (Lipinski definition) is 6. The van der Waals surface area contributed by atoms with E-state index in [0.29, 0.717) is 24.5 Å². The van der Waals surface area contributed by atoms with Crippen LogP contribution in [0, 0.1) is 18.6 Å². The molecule has 0 spiro atoms. The van der Waals surface area contributed by atoms with E-state index in [1.165, 1.54) is 24.3 Å². The molecule has 2 aromatic heterocycles. The van der Waals surface area contributed by atoms with Crippen LogP contribution in [0.2, 0.25) is 0 Å². The Balaban J connectivity index is 1.76. The molecule has 3 heterocycles. The molecule has 1 atom stereocenters. The van der Waals surface area contributed by atoms with E-state index in [-0.39, 0.29) is 29.8 Å². The van der Waals surface area contributed by atoms with Gasteiger partial charge in [-0.15, -0.1) is 0 Å². The van der Waals surface area contributed by atoms with Gasteiger partial charge >= 0.3 is 6.09 Å². The van der Waals surface area contributed by atoms with Crippen LogP contribution in [0.5, 0.6) is 0 Å². The summed E-state index contributed by atoms with van der Waals surface area (Å²) in [7, 11) is 4.79. The highest BCUT2D eigenvalue weighted by atomic mass is 19.1. The summed E-state index contributed by atoms with van der Waals surface area (Å²) in [5, 5.41) is 0. The second-order valence-corrected chi connectivity index (χ2v) is 8.91. The topological polar surface area (TPSA) is 76.4 Å². The summed E-state index contributed by atoms with van der Waals surface area (Å²) in [6.45, 7) is 2.87. The lowest BCUT2D eigenvalue weighted by Gasteiger charge is -2.32. The molecular weight excluding hydrogens is 470 g/mol. The molecule has 1 unspecified atom stereocenters. The second-order valence-electron chi connectivity index (χ2n) is 8.91. The Morgan fingerprint density at radius 2 is 1.97 bits per heavy atom. The lowest BCUT2D eigenvalue weighted by molar-refractivity contribution is -0.0241. The van der Waals surface area contributed by atoms with Gasteiger partial charge < -0.3 is 23.7 Å². The zero-order chi connectivity index (χ0) is 26.0. The maximum absolute atomic E-state index is 15.4. The molecule has 1 saturated heterocycles. The summed E-state index contributed by atoms with van der Waals surface area (Å²) in [5.41, 5.74) is 1.69. The van der Waals surface area contributed by atoms with Gasteiger partial charge in [-0.25, -0.2) is 18.6 Å². The fourth-order valence-corrected chi connectivity index (χ4v) is 4.20. The van der Waals surface area contributed by atoms with E-state index in [2.05, 4.69) is 4.98 Å². The Morgan fingerprint density at radius 3 is 2.64 bits per heavy atom. The number of hydrogen-bond donors (Lipinski definition) is 0. The Morgan fingerprint density at radius 1 is 1.25 bits per heavy atom. The smallest absolute Gasteiger partial charge is 0.409 e. The molecule has 1 aliphatic heterocycles. The quantitative estimate of drug-likeness (QED) is 0.380. The summed E-state index contributed by atoms with van der Waals surface area (Å²) in [6, 6.07) is 5.73. The van der Waals surface area contributed by atoms with Crippen molar-refractivity contribution in [1.29, 1.82) is 0 Å². The summed E-state index contributed by atoms with van der Waals surface area (Å²) in [4.78, 5) is 32.1. The number of methoxy groups -OCH3 is 1. The minimum Gasteiger partial charge on any atom is -0.453 e. The van der Waals surface area contributed by atoms with Crippen molar-refractivity contribution in [2.24, 2.45) is 0 Å². The molecule has 0 N–H and O–H groups in total. The number of morpholine rings is 1. The van der Waals surface area contributed by atoms with Gasteiger partial charge in [0.05, 0.1) is 43.3 Å². The van der Waals surface area contributed by atoms with Crippen molar-refractivity contribution in [3.8, 4) is 11.3 Å². The third-order valence-electron chi connectivity index (χ3n) is 5.96. The molecule has 8 nitrogen and oxygen atoms in total. The van der Waals surface area contributed by atoms with Gasteiger partial charge in [0.1, 0.15) is 17.3 Å². The van der Waals surface area contributed by atoms with E-state index in [1.54, 1.807) is 29.6 Å². The number of amides is 1. The minimum atomic E-state index is -0.890. The van der Waals surface area contributed by atoms with Crippen molar-refractivity contribution in [2.45, 2.75) is 19.4 Å². The van der Waals surface area contributed by atoms with Crippen LogP contribution in [0.1, 0.15) is 21.6 Å². The average Bonchev–Trinajstić information content (AvgIpc) is 3.18. The lowest BCUT2D eigenvalue weighted by atomic mass is 10.0. The van der Waals surface area contributed by atoms with Crippen molar-refractivity contribution in [3.63, 3.8) is 0 Å². The number of pyridine rings is 1. The van der Waals surface area contributed by atoms with E-state index in [1.807, 2.05) is 19.1 Å². The summed E-state index contributed by atoms with van der Waals surface area (Å²) >= 11 is 0. The first-order valence-corrected chi connectivity index (χ1v) is 11.5. The molecule has 0 saturated carbocycles. The molecule has 36 heavy (non-hydrogen) atoms. The molecular formula is C26H28F2N4O4. The molecule has 4 rings (SSSR count). The van der Waals surface area contributed by atoms with E-state index >= 15 is 8.78 Å². The van der Waals surface area contributed by atoms with Crippen molar-refractivity contribution in [1.82, 2.24) is 19.2 Å². The summed E-state index contributed by atoms with van der Waals surface area (Å²) < 4.78 is 43.2. The molecule has 10 heteroatoms. The summed E-state index contributed by atoms with van der Waals surface area (Å²) in [6.07, 6.45) is 3.91. The van der Waals surface area contributed by atoms with Crippen molar-refractivity contribution < 1.29 is 27.8 Å². The van der Waals surface area contributed by atoms with E-state index in [4.69, 9.17) is 9.47 Å². The monoisotopic (exact) mass is 498 g/mol. The molecule has 1 aliphatic rings. The van der Waals surface area contributed by atoms with Gasteiger partial charge in [0.2, 0.25) is 0 Å². The minimum absolute atomic E-state index is 0.0997. The van der Waals surface area contributed by atoms with Crippen LogP contribution < -0.4 is 0 Å². The Hall–Kier alpha value is -3.79. The first-order chi connectivity index (χ1) is 17.2. The number of carbonyl (C=O) groups is 2. The molecule has 1 aromatic carbocycles. The van der Waals surface area contributed by atoms with Crippen LogP contribution in [0.4, 0.5) is 13.6 Å². The highest BCUT2D eigenvalue weighted by Crippen LogP contribution is 2.32. The second kappa shape index (κ2) is 10.4. The first-order valence-electron chi connectivity index (χ1n) is 11.5. The standard InChI is InChI=1S/C26H28F2N4O4/c1-16-5-8-32-21(14-18-15-31(9-10-36-18)26(34)35-4)25(29-23(32)11-16)24-19(27)12-17(13-20(24)28)22(33)6-7-30(2)3/h5-8,11-13,18H,9-10,14-15H2,1-4H3/b7-6+. The molecule has 190 valence electrons. The van der Waals surface area contributed by atoms with E-state index in [9.17, 15) is 9.59 Å². The van der Waals surface area contributed by atoms with Crippen LogP contribution in [0.15, 0.2) is 42.7 Å². The lowest BCUT2D eigenvalue weighted by Crippen LogP contribution is -2.46. The molecule has 1 fully saturated rings. The molecule has 3 aromatic rings. The molecule has 0 bridgehead atoms. The first kappa shape index (κ1) is 25.3. The number of carbonyl (C=O) groups excluding carboxylic acids is 2. The number of fused-ring (bicyclic) bond motifs is 1. The molecule has 0 aliphatic carbocycles. The van der Waals surface area contributed by atoms with E-state index < -0.39 is 29.6 Å². The Labute approximate surface area is 207 Å². The van der Waals surface area contributed by atoms with Gasteiger partial charge in [0, 0.05) is 51.1 Å². The van der Waals surface area contributed by atoms with Crippen LogP contribution in [0.25, 0.3) is 16.9 Å². The molecule has 1 amide bonds. The number of aromatic nitrogens is 2. The number of benzene rings is 1. The zero-order valence-electron chi connectivity index (χ0n) is 20.6. The maximum Gasteiger partial charge on any atom is 0.409 e. The number of allylic oxidation sites excluding steroid dienone is 1. The largest absolute Gasteiger partial charge is 0.453 e. The van der Waals surface area contributed by atoms with Crippen molar-refractivity contribution in [3.05, 3.63) is 71.2 Å². The predicted molar refractivity (Wildman–Crippen MR) is 130 cm³/mol. The predicted octanol–water partition coefficient (Wildman–Crippen LogP) is 3.86. The number of halogens is 2. The van der Waals surface area contributed by atoms with Gasteiger partial charge in [-0.05, 0) is 36.8 Å². The zero-order valence-corrected chi connectivity index (χ0v) is 20.6. The Bertz CT molecular complexity index is 1310. The highest BCUT2D eigenvalue weighted by molar-refractivity contribution is 6.04. The van der Waals surface area contributed by atoms with Gasteiger partial charge in [-0.3, -0.25) is 4.79 Å². The van der Waals surface area contributed by atoms with Crippen LogP contribution in [-0.2, 0) is 15.9 Å². The van der Waals surface area contributed by atoms with E-state index in [0.717, 1.165) is 17.7 Å². The Kier molecular flexibility index (Phi) is 7.35. The maximum atomic E-state index is 15.4.